The van der Waals surface area contributed by atoms with Crippen LogP contribution in [0.2, 0.25) is 0 Å². The van der Waals surface area contributed by atoms with Crippen LogP contribution in [0.4, 0.5) is 10.8 Å². The minimum Gasteiger partial charge on any atom is -0.493 e. The zero-order valence-corrected chi connectivity index (χ0v) is 16.9. The molecule has 0 aliphatic heterocycles. The van der Waals surface area contributed by atoms with Crippen molar-refractivity contribution in [3.8, 4) is 11.5 Å². The molecule has 0 amide bonds. The summed E-state index contributed by atoms with van der Waals surface area (Å²) in [6.45, 7) is 4.16. The minimum absolute atomic E-state index is 0.245. The average Bonchev–Trinajstić information content (AvgIpc) is 3.11. The number of rotatable bonds is 5. The van der Waals surface area contributed by atoms with E-state index in [1.54, 1.807) is 19.2 Å². The second-order valence-corrected chi connectivity index (χ2v) is 7.29. The number of fused-ring (bicyclic) bond motifs is 2. The molecule has 0 atom stereocenters. The fourth-order valence-electron chi connectivity index (χ4n) is 3.19. The van der Waals surface area contributed by atoms with Crippen LogP contribution in [0.1, 0.15) is 18.1 Å². The normalized spacial score (nSPS) is 11.1. The number of hydrogen-bond donors (Lipinski definition) is 1. The summed E-state index contributed by atoms with van der Waals surface area (Å²) in [4.78, 5) is 18.1. The van der Waals surface area contributed by atoms with Crippen molar-refractivity contribution < 1.29 is 9.47 Å². The molecule has 2 heterocycles. The molecular weight excluding hydrogens is 376 g/mol. The Bertz CT molecular complexity index is 1250. The van der Waals surface area contributed by atoms with Crippen LogP contribution in [0.3, 0.4) is 0 Å². The second kappa shape index (κ2) is 7.12. The Balaban J connectivity index is 1.87. The monoisotopic (exact) mass is 396 g/mol. The van der Waals surface area contributed by atoms with Gasteiger partial charge in [0.15, 0.2) is 11.5 Å². The Hall–Kier alpha value is -3.13. The van der Waals surface area contributed by atoms with Crippen molar-refractivity contribution in [3.05, 3.63) is 51.8 Å². The Kier molecular flexibility index (Phi) is 4.64. The Morgan fingerprint density at radius 1 is 1.18 bits per heavy atom. The third-order valence-electron chi connectivity index (χ3n) is 4.67. The summed E-state index contributed by atoms with van der Waals surface area (Å²) in [6.07, 6.45) is 0.899. The van der Waals surface area contributed by atoms with Crippen LogP contribution >= 0.6 is 11.3 Å². The van der Waals surface area contributed by atoms with E-state index in [2.05, 4.69) is 28.4 Å². The molecule has 0 fully saturated rings. The van der Waals surface area contributed by atoms with E-state index in [-0.39, 0.29) is 5.56 Å². The van der Waals surface area contributed by atoms with Crippen molar-refractivity contribution in [2.45, 2.75) is 20.3 Å². The van der Waals surface area contributed by atoms with Gasteiger partial charge in [-0.25, -0.2) is 4.98 Å². The molecule has 1 N–H and O–H groups in total. The molecule has 4 aromatic rings. The summed E-state index contributed by atoms with van der Waals surface area (Å²) in [5.41, 5.74) is 3.64. The summed E-state index contributed by atoms with van der Waals surface area (Å²) in [7, 11) is 3.09. The van der Waals surface area contributed by atoms with E-state index >= 15 is 0 Å². The van der Waals surface area contributed by atoms with E-state index < -0.39 is 0 Å². The van der Waals surface area contributed by atoms with Gasteiger partial charge in [-0.05, 0) is 30.5 Å². The largest absolute Gasteiger partial charge is 0.493 e. The molecule has 2 aromatic carbocycles. The first-order valence-electron chi connectivity index (χ1n) is 8.86. The number of para-hydroxylation sites is 1. The van der Waals surface area contributed by atoms with Gasteiger partial charge in [-0.3, -0.25) is 4.79 Å². The first-order chi connectivity index (χ1) is 13.5. The molecule has 0 radical (unpaired) electrons. The van der Waals surface area contributed by atoms with Gasteiger partial charge < -0.3 is 14.8 Å². The summed E-state index contributed by atoms with van der Waals surface area (Å²) in [6, 6.07) is 9.51. The average molecular weight is 396 g/mol. The van der Waals surface area contributed by atoms with Crippen molar-refractivity contribution in [1.29, 1.82) is 0 Å². The summed E-state index contributed by atoms with van der Waals surface area (Å²) in [5, 5.41) is 8.86. The first kappa shape index (κ1) is 18.2. The molecule has 0 bridgehead atoms. The Morgan fingerprint density at radius 2 is 1.93 bits per heavy atom. The van der Waals surface area contributed by atoms with Gasteiger partial charge in [-0.1, -0.05) is 36.5 Å². The van der Waals surface area contributed by atoms with Crippen molar-refractivity contribution in [2.75, 3.05) is 19.5 Å². The van der Waals surface area contributed by atoms with Crippen LogP contribution in [0.15, 0.2) is 35.1 Å². The molecule has 0 saturated heterocycles. The van der Waals surface area contributed by atoms with Gasteiger partial charge in [0.1, 0.15) is 0 Å². The molecule has 7 nitrogen and oxygen atoms in total. The van der Waals surface area contributed by atoms with Gasteiger partial charge >= 0.3 is 0 Å². The molecule has 0 spiro atoms. The molecular formula is C20H20N4O3S. The molecule has 8 heteroatoms. The quantitative estimate of drug-likeness (QED) is 0.551. The van der Waals surface area contributed by atoms with Gasteiger partial charge in [0.25, 0.3) is 5.56 Å². The van der Waals surface area contributed by atoms with Gasteiger partial charge in [0.2, 0.25) is 10.1 Å². The number of anilines is 2. The zero-order valence-electron chi connectivity index (χ0n) is 16.1. The van der Waals surface area contributed by atoms with Gasteiger partial charge in [0, 0.05) is 11.8 Å². The van der Waals surface area contributed by atoms with Crippen molar-refractivity contribution in [3.63, 3.8) is 0 Å². The fraction of sp³-hybridized carbons (Fsp3) is 0.250. The number of hydrogen-bond acceptors (Lipinski definition) is 7. The third-order valence-corrected chi connectivity index (χ3v) is 5.50. The Morgan fingerprint density at radius 3 is 2.64 bits per heavy atom. The highest BCUT2D eigenvalue weighted by atomic mass is 32.1. The number of benzene rings is 2. The molecule has 28 heavy (non-hydrogen) atoms. The SMILES string of the molecule is CCc1cccc(C)c1Nc1nn2c(=O)c3cc(OC)c(OC)cc3nc2s1. The van der Waals surface area contributed by atoms with E-state index in [0.717, 1.165) is 17.7 Å². The summed E-state index contributed by atoms with van der Waals surface area (Å²) >= 11 is 1.33. The standard InChI is InChI=1S/C20H20N4O3S/c1-5-12-8-6-7-11(2)17(12)22-19-23-24-18(25)13-9-15(26-3)16(27-4)10-14(13)21-20(24)28-19/h6-10H,5H2,1-4H3,(H,22,23). The molecule has 144 valence electrons. The lowest BCUT2D eigenvalue weighted by Crippen LogP contribution is -2.15. The lowest BCUT2D eigenvalue weighted by atomic mass is 10.1. The number of nitrogens with one attached hydrogen (secondary N) is 1. The number of ether oxygens (including phenoxy) is 2. The van der Waals surface area contributed by atoms with Crippen LogP contribution < -0.4 is 20.3 Å². The van der Waals surface area contributed by atoms with E-state index in [0.29, 0.717) is 32.5 Å². The lowest BCUT2D eigenvalue weighted by Gasteiger charge is -2.11. The molecule has 0 aliphatic carbocycles. The predicted octanol–water partition coefficient (Wildman–Crippen LogP) is 3.94. The van der Waals surface area contributed by atoms with Crippen LogP contribution in [-0.2, 0) is 6.42 Å². The summed E-state index contributed by atoms with van der Waals surface area (Å²) in [5.74, 6) is 1.01. The van der Waals surface area contributed by atoms with Crippen molar-refractivity contribution in [2.24, 2.45) is 0 Å². The second-order valence-electron chi connectivity index (χ2n) is 6.33. The van der Waals surface area contributed by atoms with Crippen molar-refractivity contribution >= 4 is 38.0 Å². The minimum atomic E-state index is -0.245. The van der Waals surface area contributed by atoms with E-state index in [1.807, 2.05) is 19.1 Å². The number of nitrogens with zero attached hydrogens (tertiary/aromatic N) is 3. The van der Waals surface area contributed by atoms with E-state index in [4.69, 9.17) is 9.47 Å². The molecule has 0 saturated carbocycles. The van der Waals surface area contributed by atoms with E-state index in [1.165, 1.54) is 28.5 Å². The molecule has 0 unspecified atom stereocenters. The summed E-state index contributed by atoms with van der Waals surface area (Å²) < 4.78 is 11.9. The van der Waals surface area contributed by atoms with Crippen molar-refractivity contribution in [1.82, 2.24) is 14.6 Å². The predicted molar refractivity (Wildman–Crippen MR) is 112 cm³/mol. The Labute approximate surface area is 165 Å². The number of aryl methyl sites for hydroxylation is 2. The highest BCUT2D eigenvalue weighted by Gasteiger charge is 2.15. The van der Waals surface area contributed by atoms with E-state index in [9.17, 15) is 4.79 Å². The lowest BCUT2D eigenvalue weighted by molar-refractivity contribution is 0.355. The number of methoxy groups -OCH3 is 2. The topological polar surface area (TPSA) is 77.8 Å². The fourth-order valence-corrected chi connectivity index (χ4v) is 4.00. The maximum absolute atomic E-state index is 13.0. The first-order valence-corrected chi connectivity index (χ1v) is 9.68. The number of aromatic nitrogens is 3. The van der Waals surface area contributed by atoms with Crippen LogP contribution in [0.25, 0.3) is 15.9 Å². The maximum atomic E-state index is 13.0. The maximum Gasteiger partial charge on any atom is 0.283 e. The highest BCUT2D eigenvalue weighted by molar-refractivity contribution is 7.20. The molecule has 4 rings (SSSR count). The van der Waals surface area contributed by atoms with Crippen LogP contribution in [0.5, 0.6) is 11.5 Å². The third kappa shape index (κ3) is 2.95. The highest BCUT2D eigenvalue weighted by Crippen LogP contribution is 2.32. The smallest absolute Gasteiger partial charge is 0.283 e. The van der Waals surface area contributed by atoms with Crippen LogP contribution in [0, 0.1) is 6.92 Å². The van der Waals surface area contributed by atoms with Gasteiger partial charge in [-0.2, -0.15) is 4.52 Å². The molecule has 2 aromatic heterocycles. The van der Waals surface area contributed by atoms with Crippen LogP contribution in [-0.4, -0.2) is 28.8 Å². The van der Waals surface area contributed by atoms with Gasteiger partial charge in [0.05, 0.1) is 25.1 Å². The zero-order chi connectivity index (χ0) is 19.8. The van der Waals surface area contributed by atoms with Gasteiger partial charge in [-0.15, -0.1) is 5.10 Å². The molecule has 0 aliphatic rings.